The van der Waals surface area contributed by atoms with Gasteiger partial charge in [-0.2, -0.15) is 0 Å². The van der Waals surface area contributed by atoms with Crippen molar-refractivity contribution in [2.45, 2.75) is 7.59 Å². The maximum atomic E-state index is 9.51. The summed E-state index contributed by atoms with van der Waals surface area (Å²) in [5.74, 6) is -3.42. The summed E-state index contributed by atoms with van der Waals surface area (Å²) in [4.78, 5) is 19.0. The Labute approximate surface area is 152 Å². The van der Waals surface area contributed by atoms with E-state index in [1.165, 1.54) is 0 Å². The molecule has 0 aliphatic heterocycles. The molecule has 0 unspecified atom stereocenters. The molecule has 0 radical (unpaired) electrons. The zero-order valence-corrected chi connectivity index (χ0v) is 14.6. The second kappa shape index (κ2) is 9.14. The van der Waals surface area contributed by atoms with E-state index in [0.29, 0.717) is 0 Å². The smallest absolute Gasteiger partial charge is 0.545 e. The number of hydrogen-bond donors (Lipinski definition) is 0. The molecule has 4 nitrogen and oxygen atoms in total. The zero-order valence-electron chi connectivity index (χ0n) is 6.61. The number of hydrogen-bond acceptors (Lipinski definition) is 4. The minimum absolute atomic E-state index is 0. The first-order valence-electron chi connectivity index (χ1n) is 2.45. The third-order valence-electron chi connectivity index (χ3n) is 0.463. The van der Waals surface area contributed by atoms with E-state index in [1.807, 2.05) is 0 Å². The van der Waals surface area contributed by atoms with Crippen LogP contribution in [0.25, 0.3) is 0 Å². The number of halogens is 6. The number of rotatable bonds is 0. The van der Waals surface area contributed by atoms with Crippen molar-refractivity contribution in [3.8, 4) is 0 Å². The first-order valence-corrected chi connectivity index (χ1v) is 4.72. The number of aliphatic carboxylic acids is 2. The maximum Gasteiger partial charge on any atom is 2.00 e. The predicted molar refractivity (Wildman–Crippen MR) is 56.3 cm³/mol. The van der Waals surface area contributed by atoms with Gasteiger partial charge in [-0.1, -0.05) is 69.6 Å². The summed E-state index contributed by atoms with van der Waals surface area (Å²) in [5.41, 5.74) is 0. The second-order valence-corrected chi connectivity index (χ2v) is 6.13. The molecule has 15 heavy (non-hydrogen) atoms. The van der Waals surface area contributed by atoms with Gasteiger partial charge in [-0.25, -0.2) is 0 Å². The van der Waals surface area contributed by atoms with E-state index in [0.717, 1.165) is 0 Å². The molecule has 0 atom stereocenters. The van der Waals surface area contributed by atoms with Gasteiger partial charge < -0.3 is 19.8 Å². The van der Waals surface area contributed by atoms with Crippen molar-refractivity contribution in [3.05, 3.63) is 0 Å². The number of carbonyl (C=O) groups is 2. The van der Waals surface area contributed by atoms with Gasteiger partial charge in [-0.05, 0) is 0 Å². The van der Waals surface area contributed by atoms with Crippen molar-refractivity contribution in [1.82, 2.24) is 0 Å². The summed E-state index contributed by atoms with van der Waals surface area (Å²) in [6, 6.07) is 0. The third-order valence-corrected chi connectivity index (χ3v) is 1.39. The van der Waals surface area contributed by atoms with Crippen molar-refractivity contribution >= 4 is 127 Å². The van der Waals surface area contributed by atoms with Crippen molar-refractivity contribution in [2.24, 2.45) is 0 Å². The van der Waals surface area contributed by atoms with Crippen LogP contribution >= 0.6 is 69.6 Å². The van der Waals surface area contributed by atoms with E-state index in [9.17, 15) is 19.8 Å². The monoisotopic (exact) mass is 410 g/mol. The fourth-order valence-electron chi connectivity index (χ4n) is 0. The van der Waals surface area contributed by atoms with Crippen LogP contribution in [-0.4, -0.2) is 65.0 Å². The molecule has 0 rings (SSSR count). The summed E-state index contributed by atoms with van der Waals surface area (Å²) in [5, 5.41) is 19.0. The van der Waals surface area contributed by atoms with Gasteiger partial charge in [-0.3, -0.25) is 0 Å². The van der Waals surface area contributed by atoms with E-state index in [-0.39, 0.29) is 45.5 Å². The molecule has 0 heterocycles. The van der Waals surface area contributed by atoms with Crippen molar-refractivity contribution in [3.63, 3.8) is 0 Å². The summed E-state index contributed by atoms with van der Waals surface area (Å²) in [6.45, 7) is 0. The van der Waals surface area contributed by atoms with Gasteiger partial charge in [0.2, 0.25) is 7.59 Å². The average molecular weight is 412 g/mol. The molecule has 0 fully saturated rings. The topological polar surface area (TPSA) is 80.3 Å². The fraction of sp³-hybridized carbons (Fsp3) is 0.500. The van der Waals surface area contributed by atoms with Gasteiger partial charge in [0.25, 0.3) is 0 Å². The van der Waals surface area contributed by atoms with E-state index >= 15 is 0 Å². The molecule has 0 spiro atoms. The normalized spacial score (nSPS) is 10.5. The van der Waals surface area contributed by atoms with Crippen molar-refractivity contribution in [1.29, 1.82) is 0 Å². The van der Waals surface area contributed by atoms with Crippen molar-refractivity contribution in [2.75, 3.05) is 0 Å². The second-order valence-electron chi connectivity index (χ2n) is 1.57. The Morgan fingerprint density at radius 3 is 0.800 bits per heavy atom. The molecule has 84 valence electrons. The Hall–Kier alpha value is 2.16. The first-order chi connectivity index (χ1) is 5.89. The van der Waals surface area contributed by atoms with E-state index in [4.69, 9.17) is 69.6 Å². The van der Waals surface area contributed by atoms with Crippen LogP contribution in [0.15, 0.2) is 0 Å². The summed E-state index contributed by atoms with van der Waals surface area (Å²) >= 11 is 28.4. The van der Waals surface area contributed by atoms with Crippen LogP contribution in [0.5, 0.6) is 0 Å². The average Bonchev–Trinajstić information content (AvgIpc) is 1.83. The SMILES string of the molecule is O=C([O-])C(Cl)(Cl)Cl.O=C([O-])C(Cl)(Cl)Cl.[Sr+2]. The molecule has 0 aromatic rings. The summed E-state index contributed by atoms with van der Waals surface area (Å²) in [7, 11) is 0. The van der Waals surface area contributed by atoms with Gasteiger partial charge in [0.15, 0.2) is 0 Å². The van der Waals surface area contributed by atoms with Crippen LogP contribution < -0.4 is 10.2 Å². The van der Waals surface area contributed by atoms with E-state index in [1.54, 1.807) is 0 Å². The predicted octanol–water partition coefficient (Wildman–Crippen LogP) is -0.168. The molecule has 0 aliphatic rings. The standard InChI is InChI=1S/2C2HCl3O2.Sr/c2*3-2(4,5)1(6)7;/h2*(H,6,7);/q;;+2/p-2. The first kappa shape index (κ1) is 22.4. The largest absolute Gasteiger partial charge is 2.00 e. The Morgan fingerprint density at radius 1 is 0.733 bits per heavy atom. The number of carbonyl (C=O) groups excluding carboxylic acids is 2. The molecule has 0 bridgehead atoms. The van der Waals surface area contributed by atoms with Crippen LogP contribution in [-0.2, 0) is 9.59 Å². The summed E-state index contributed by atoms with van der Waals surface area (Å²) in [6.07, 6.45) is 0. The third kappa shape index (κ3) is 16.2. The molecule has 0 saturated carbocycles. The molecular formula is C4Cl6O4Sr. The van der Waals surface area contributed by atoms with Crippen LogP contribution in [0, 0.1) is 0 Å². The van der Waals surface area contributed by atoms with Crippen LogP contribution in [0.1, 0.15) is 0 Å². The van der Waals surface area contributed by atoms with Crippen LogP contribution in [0.2, 0.25) is 0 Å². The van der Waals surface area contributed by atoms with E-state index in [2.05, 4.69) is 0 Å². The molecule has 0 aliphatic carbocycles. The molecular weight excluding hydrogens is 412 g/mol. The molecule has 0 aromatic heterocycles. The maximum absolute atomic E-state index is 9.51. The Morgan fingerprint density at radius 2 is 0.800 bits per heavy atom. The minimum Gasteiger partial charge on any atom is -0.545 e. The summed E-state index contributed by atoms with van der Waals surface area (Å²) < 4.78 is -4.56. The molecule has 0 aromatic carbocycles. The zero-order chi connectivity index (χ0) is 12.2. The number of carboxylic acids is 2. The van der Waals surface area contributed by atoms with Crippen LogP contribution in [0.4, 0.5) is 0 Å². The van der Waals surface area contributed by atoms with Gasteiger partial charge in [0, 0.05) is 0 Å². The molecule has 0 N–H and O–H groups in total. The fourth-order valence-corrected chi connectivity index (χ4v) is 0. The van der Waals surface area contributed by atoms with E-state index < -0.39 is 19.5 Å². The molecule has 11 heteroatoms. The quantitative estimate of drug-likeness (QED) is 0.409. The van der Waals surface area contributed by atoms with Gasteiger partial charge in [-0.15, -0.1) is 0 Å². The molecule has 0 saturated heterocycles. The van der Waals surface area contributed by atoms with Crippen molar-refractivity contribution < 1.29 is 19.8 Å². The molecule has 0 amide bonds. The Kier molecular flexibility index (Phi) is 13.6. The number of alkyl halides is 6. The van der Waals surface area contributed by atoms with Crippen LogP contribution in [0.3, 0.4) is 0 Å². The van der Waals surface area contributed by atoms with Gasteiger partial charge in [0.05, 0.1) is 11.9 Å². The Bertz CT molecular complexity index is 196. The Balaban J connectivity index is -0.000000180. The minimum atomic E-state index is -2.28. The van der Waals surface area contributed by atoms with Gasteiger partial charge in [0.1, 0.15) is 0 Å². The van der Waals surface area contributed by atoms with Gasteiger partial charge >= 0.3 is 45.5 Å². The number of carboxylic acid groups (broad SMARTS) is 2.